The maximum absolute atomic E-state index is 13.3. The molecule has 0 radical (unpaired) electrons. The van der Waals surface area contributed by atoms with Gasteiger partial charge in [0.2, 0.25) is 0 Å². The number of aliphatic hydroxyl groups is 1. The number of benzene rings is 2. The predicted molar refractivity (Wildman–Crippen MR) is 196 cm³/mol. The van der Waals surface area contributed by atoms with Gasteiger partial charge >= 0.3 is 23.9 Å². The van der Waals surface area contributed by atoms with E-state index in [0.717, 1.165) is 77.0 Å². The monoisotopic (exact) mass is 696 g/mol. The maximum atomic E-state index is 13.3. The molecule has 0 aliphatic heterocycles. The second kappa shape index (κ2) is 21.5. The van der Waals surface area contributed by atoms with Crippen molar-refractivity contribution in [1.29, 1.82) is 0 Å². The van der Waals surface area contributed by atoms with Gasteiger partial charge in [0.05, 0.1) is 22.3 Å². The van der Waals surface area contributed by atoms with Gasteiger partial charge in [-0.25, -0.2) is 19.2 Å². The smallest absolute Gasteiger partial charge is 0.336 e. The highest BCUT2D eigenvalue weighted by molar-refractivity contribution is 6.05. The summed E-state index contributed by atoms with van der Waals surface area (Å²) in [7, 11) is 0. The van der Waals surface area contributed by atoms with Gasteiger partial charge in [0.1, 0.15) is 5.60 Å². The van der Waals surface area contributed by atoms with Crippen LogP contribution in [-0.4, -0.2) is 49.4 Å². The molecule has 1 unspecified atom stereocenters. The van der Waals surface area contributed by atoms with Crippen molar-refractivity contribution in [1.82, 2.24) is 0 Å². The molecular weight excluding hydrogens is 636 g/mol. The molecule has 0 saturated heterocycles. The van der Waals surface area contributed by atoms with Crippen LogP contribution >= 0.6 is 0 Å². The lowest BCUT2D eigenvalue weighted by Crippen LogP contribution is -2.34. The summed E-state index contributed by atoms with van der Waals surface area (Å²) in [6.07, 6.45) is 14.3. The lowest BCUT2D eigenvalue weighted by molar-refractivity contribution is 0.0610. The minimum atomic E-state index is -1.91. The normalized spacial score (nSPS) is 12.5. The standard InChI is InChI=1S/C41H60O9/c1-5-9-13-17-21-29-30(22-18-14-10-6-2)36(32(23-19-15-11-7-3)35(40(48)49)34(29)39(46)47)41(50,26-20-16-12-8-4)28-24-25-31(37(42)43)33(27-28)38(44)45/h24-25,27,50H,5-23,26H2,1-4H3,(H,42,43)(H,44,45)(H,46,47)(H,48,49). The molecule has 2 rings (SSSR count). The first-order valence-corrected chi connectivity index (χ1v) is 18.9. The quantitative estimate of drug-likeness (QED) is 0.0601. The van der Waals surface area contributed by atoms with E-state index < -0.39 is 40.6 Å². The van der Waals surface area contributed by atoms with Gasteiger partial charge in [-0.1, -0.05) is 111 Å². The maximum Gasteiger partial charge on any atom is 0.336 e. The van der Waals surface area contributed by atoms with Crippen LogP contribution in [0, 0.1) is 0 Å². The van der Waals surface area contributed by atoms with Gasteiger partial charge in [-0.05, 0) is 91.3 Å². The number of rotatable bonds is 26. The third kappa shape index (κ3) is 11.1. The topological polar surface area (TPSA) is 169 Å². The molecule has 1 atom stereocenters. The molecule has 2 aromatic carbocycles. The number of carboxylic acid groups (broad SMARTS) is 4. The number of carbonyl (C=O) groups is 4. The van der Waals surface area contributed by atoms with Crippen molar-refractivity contribution in [3.8, 4) is 0 Å². The summed E-state index contributed by atoms with van der Waals surface area (Å²) >= 11 is 0. The number of aromatic carboxylic acids is 4. The number of hydrogen-bond acceptors (Lipinski definition) is 5. The fourth-order valence-corrected chi connectivity index (χ4v) is 7.26. The van der Waals surface area contributed by atoms with Crippen molar-refractivity contribution in [3.63, 3.8) is 0 Å². The predicted octanol–water partition coefficient (Wildman–Crippen LogP) is 10.1. The first-order chi connectivity index (χ1) is 23.9. The van der Waals surface area contributed by atoms with Gasteiger partial charge in [-0.2, -0.15) is 0 Å². The Morgan fingerprint density at radius 2 is 0.920 bits per heavy atom. The van der Waals surface area contributed by atoms with Crippen LogP contribution in [0.4, 0.5) is 0 Å². The van der Waals surface area contributed by atoms with Crippen LogP contribution in [0.25, 0.3) is 0 Å². The second-order valence-corrected chi connectivity index (χ2v) is 13.6. The molecule has 0 aliphatic carbocycles. The van der Waals surface area contributed by atoms with Crippen LogP contribution in [0.5, 0.6) is 0 Å². The van der Waals surface area contributed by atoms with Crippen LogP contribution in [0.1, 0.15) is 206 Å². The Morgan fingerprint density at radius 1 is 0.500 bits per heavy atom. The van der Waals surface area contributed by atoms with Crippen molar-refractivity contribution < 1.29 is 44.7 Å². The van der Waals surface area contributed by atoms with E-state index in [9.17, 15) is 44.7 Å². The summed E-state index contributed by atoms with van der Waals surface area (Å²) in [5.41, 5.74) is -1.43. The molecule has 0 heterocycles. The van der Waals surface area contributed by atoms with E-state index in [1.54, 1.807) is 0 Å². The molecule has 0 saturated carbocycles. The largest absolute Gasteiger partial charge is 0.478 e. The zero-order valence-corrected chi connectivity index (χ0v) is 30.7. The Balaban J connectivity index is 3.23. The van der Waals surface area contributed by atoms with Crippen molar-refractivity contribution in [2.75, 3.05) is 0 Å². The third-order valence-electron chi connectivity index (χ3n) is 9.85. The second-order valence-electron chi connectivity index (χ2n) is 13.6. The molecule has 50 heavy (non-hydrogen) atoms. The van der Waals surface area contributed by atoms with Gasteiger partial charge in [0, 0.05) is 0 Å². The Kier molecular flexibility index (Phi) is 18.2. The summed E-state index contributed by atoms with van der Waals surface area (Å²) < 4.78 is 0. The molecule has 5 N–H and O–H groups in total. The van der Waals surface area contributed by atoms with Gasteiger partial charge in [-0.15, -0.1) is 0 Å². The molecule has 0 aromatic heterocycles. The third-order valence-corrected chi connectivity index (χ3v) is 9.85. The van der Waals surface area contributed by atoms with E-state index in [1.165, 1.54) is 18.2 Å². The van der Waals surface area contributed by atoms with Crippen LogP contribution in [0.2, 0.25) is 0 Å². The van der Waals surface area contributed by atoms with E-state index in [-0.39, 0.29) is 35.1 Å². The first-order valence-electron chi connectivity index (χ1n) is 18.9. The highest BCUT2D eigenvalue weighted by Gasteiger charge is 2.41. The van der Waals surface area contributed by atoms with E-state index in [4.69, 9.17) is 0 Å². The van der Waals surface area contributed by atoms with E-state index in [1.807, 2.05) is 0 Å². The number of carboxylic acids is 4. The average molecular weight is 697 g/mol. The summed E-state index contributed by atoms with van der Waals surface area (Å²) in [6, 6.07) is 3.83. The fraction of sp³-hybridized carbons (Fsp3) is 0.610. The zero-order valence-electron chi connectivity index (χ0n) is 30.7. The SMILES string of the molecule is CCCCCCc1c(CCCCCC)c(C(O)(CCCCCC)c2ccc(C(=O)O)c(C(=O)O)c2)c(CCCCCC)c(C(=O)O)c1C(=O)O. The van der Waals surface area contributed by atoms with E-state index in [2.05, 4.69) is 27.7 Å². The van der Waals surface area contributed by atoms with Crippen molar-refractivity contribution in [2.24, 2.45) is 0 Å². The van der Waals surface area contributed by atoms with Crippen LogP contribution in [-0.2, 0) is 24.9 Å². The Bertz CT molecular complexity index is 1440. The Hall–Kier alpha value is -3.72. The van der Waals surface area contributed by atoms with Crippen LogP contribution in [0.3, 0.4) is 0 Å². The molecule has 0 amide bonds. The lowest BCUT2D eigenvalue weighted by atomic mass is 9.71. The average Bonchev–Trinajstić information content (AvgIpc) is 3.08. The Morgan fingerprint density at radius 3 is 1.36 bits per heavy atom. The molecule has 0 bridgehead atoms. The van der Waals surface area contributed by atoms with Gasteiger partial charge < -0.3 is 25.5 Å². The van der Waals surface area contributed by atoms with Gasteiger partial charge in [0.15, 0.2) is 0 Å². The minimum absolute atomic E-state index is 0.128. The molecule has 9 heteroatoms. The molecule has 0 fully saturated rings. The van der Waals surface area contributed by atoms with Crippen molar-refractivity contribution >= 4 is 23.9 Å². The summed E-state index contributed by atoms with van der Waals surface area (Å²) in [6.45, 7) is 8.30. The molecule has 0 spiro atoms. The van der Waals surface area contributed by atoms with E-state index >= 15 is 0 Å². The molecule has 9 nitrogen and oxygen atoms in total. The Labute approximate surface area is 298 Å². The van der Waals surface area contributed by atoms with Gasteiger partial charge in [-0.3, -0.25) is 0 Å². The first kappa shape index (κ1) is 42.4. The molecule has 2 aromatic rings. The summed E-state index contributed by atoms with van der Waals surface area (Å²) in [5, 5.41) is 54.6. The minimum Gasteiger partial charge on any atom is -0.478 e. The summed E-state index contributed by atoms with van der Waals surface area (Å²) in [4.78, 5) is 50.8. The van der Waals surface area contributed by atoms with E-state index in [0.29, 0.717) is 55.2 Å². The molecular formula is C41H60O9. The fourth-order valence-electron chi connectivity index (χ4n) is 7.26. The number of unbranched alkanes of at least 4 members (excludes halogenated alkanes) is 12. The molecule has 0 aliphatic rings. The lowest BCUT2D eigenvalue weighted by Gasteiger charge is -2.37. The van der Waals surface area contributed by atoms with Gasteiger partial charge in [0.25, 0.3) is 0 Å². The molecule has 278 valence electrons. The highest BCUT2D eigenvalue weighted by Crippen LogP contribution is 2.45. The summed E-state index contributed by atoms with van der Waals surface area (Å²) in [5.74, 6) is -5.56. The zero-order chi connectivity index (χ0) is 37.3. The van der Waals surface area contributed by atoms with Crippen molar-refractivity contribution in [3.05, 3.63) is 68.3 Å². The van der Waals surface area contributed by atoms with Crippen LogP contribution in [0.15, 0.2) is 18.2 Å². The number of hydrogen-bond donors (Lipinski definition) is 5. The van der Waals surface area contributed by atoms with Crippen LogP contribution < -0.4 is 0 Å². The van der Waals surface area contributed by atoms with Crippen molar-refractivity contribution in [2.45, 2.75) is 162 Å². The highest BCUT2D eigenvalue weighted by atomic mass is 16.4.